The SMILES string of the molecule is CCNC(=NCc1ccco1)NCC1CCCN1CC. The van der Waals surface area contributed by atoms with Gasteiger partial charge in [0.1, 0.15) is 12.3 Å². The Labute approximate surface area is 121 Å². The molecule has 0 radical (unpaired) electrons. The molecule has 1 aliphatic rings. The van der Waals surface area contributed by atoms with Crippen LogP contribution in [0.4, 0.5) is 0 Å². The van der Waals surface area contributed by atoms with Gasteiger partial charge < -0.3 is 15.1 Å². The lowest BCUT2D eigenvalue weighted by molar-refractivity contribution is 0.267. The maximum absolute atomic E-state index is 5.30. The van der Waals surface area contributed by atoms with Crippen molar-refractivity contribution in [2.45, 2.75) is 39.3 Å². The minimum atomic E-state index is 0.574. The van der Waals surface area contributed by atoms with Crippen molar-refractivity contribution in [3.8, 4) is 0 Å². The molecule has 1 unspecified atom stereocenters. The Bertz CT molecular complexity index is 402. The molecule has 1 atom stereocenters. The molecule has 0 spiro atoms. The van der Waals surface area contributed by atoms with Crippen LogP contribution in [0.2, 0.25) is 0 Å². The summed E-state index contributed by atoms with van der Waals surface area (Å²) in [6.07, 6.45) is 4.27. The quantitative estimate of drug-likeness (QED) is 0.615. The average Bonchev–Trinajstić information content (AvgIpc) is 3.12. The molecule has 112 valence electrons. The highest BCUT2D eigenvalue weighted by atomic mass is 16.3. The number of likely N-dealkylation sites (N-methyl/N-ethyl adjacent to an activating group) is 1. The predicted molar refractivity (Wildman–Crippen MR) is 81.8 cm³/mol. The molecule has 0 amide bonds. The molecule has 2 N–H and O–H groups in total. The van der Waals surface area contributed by atoms with Crippen molar-refractivity contribution in [3.63, 3.8) is 0 Å². The highest BCUT2D eigenvalue weighted by molar-refractivity contribution is 5.79. The number of nitrogens with one attached hydrogen (secondary N) is 2. The van der Waals surface area contributed by atoms with Gasteiger partial charge in [0.05, 0.1) is 6.26 Å². The first-order valence-electron chi connectivity index (χ1n) is 7.62. The number of rotatable bonds is 6. The van der Waals surface area contributed by atoms with Gasteiger partial charge in [0, 0.05) is 19.1 Å². The van der Waals surface area contributed by atoms with Crippen LogP contribution in [0, 0.1) is 0 Å². The molecule has 1 aliphatic heterocycles. The van der Waals surface area contributed by atoms with Gasteiger partial charge >= 0.3 is 0 Å². The maximum Gasteiger partial charge on any atom is 0.191 e. The predicted octanol–water partition coefficient (Wildman–Crippen LogP) is 1.82. The third-order valence-corrected chi connectivity index (χ3v) is 3.73. The van der Waals surface area contributed by atoms with Gasteiger partial charge in [0.2, 0.25) is 0 Å². The average molecular weight is 278 g/mol. The van der Waals surface area contributed by atoms with Gasteiger partial charge in [-0.05, 0) is 45.0 Å². The highest BCUT2D eigenvalue weighted by Gasteiger charge is 2.22. The molecule has 0 saturated carbocycles. The number of guanidine groups is 1. The van der Waals surface area contributed by atoms with E-state index in [1.165, 1.54) is 19.4 Å². The molecule has 0 aliphatic carbocycles. The second kappa shape index (κ2) is 7.94. The summed E-state index contributed by atoms with van der Waals surface area (Å²) in [5.41, 5.74) is 0. The Kier molecular flexibility index (Phi) is 5.92. The summed E-state index contributed by atoms with van der Waals surface area (Å²) in [6.45, 7) is 9.07. The van der Waals surface area contributed by atoms with Crippen molar-refractivity contribution >= 4 is 5.96 Å². The zero-order chi connectivity index (χ0) is 14.2. The molecular formula is C15H26N4O. The van der Waals surface area contributed by atoms with E-state index in [1.807, 2.05) is 12.1 Å². The van der Waals surface area contributed by atoms with Crippen molar-refractivity contribution in [2.24, 2.45) is 4.99 Å². The van der Waals surface area contributed by atoms with Crippen molar-refractivity contribution in [2.75, 3.05) is 26.2 Å². The lowest BCUT2D eigenvalue weighted by atomic mass is 10.2. The Morgan fingerprint density at radius 2 is 2.35 bits per heavy atom. The second-order valence-corrected chi connectivity index (χ2v) is 5.08. The molecule has 1 aromatic rings. The Balaban J connectivity index is 1.83. The van der Waals surface area contributed by atoms with Crippen molar-refractivity contribution in [1.82, 2.24) is 15.5 Å². The summed E-state index contributed by atoms with van der Waals surface area (Å²) in [4.78, 5) is 7.08. The molecule has 0 aromatic carbocycles. The van der Waals surface area contributed by atoms with Crippen LogP contribution in [-0.2, 0) is 6.54 Å². The van der Waals surface area contributed by atoms with Crippen molar-refractivity contribution < 1.29 is 4.42 Å². The molecule has 1 aromatic heterocycles. The summed E-state index contributed by atoms with van der Waals surface area (Å²) in [7, 11) is 0. The number of aliphatic imine (C=N–C) groups is 1. The third-order valence-electron chi connectivity index (χ3n) is 3.73. The first-order valence-corrected chi connectivity index (χ1v) is 7.62. The van der Waals surface area contributed by atoms with Crippen LogP contribution in [0.3, 0.4) is 0 Å². The number of hydrogen-bond donors (Lipinski definition) is 2. The largest absolute Gasteiger partial charge is 0.467 e. The van der Waals surface area contributed by atoms with E-state index in [0.29, 0.717) is 12.6 Å². The topological polar surface area (TPSA) is 52.8 Å². The molecule has 5 heteroatoms. The van der Waals surface area contributed by atoms with Gasteiger partial charge in [-0.1, -0.05) is 6.92 Å². The zero-order valence-electron chi connectivity index (χ0n) is 12.6. The summed E-state index contributed by atoms with van der Waals surface area (Å²) >= 11 is 0. The molecule has 1 fully saturated rings. The Morgan fingerprint density at radius 1 is 1.45 bits per heavy atom. The van der Waals surface area contributed by atoms with Gasteiger partial charge in [-0.3, -0.25) is 4.90 Å². The summed E-state index contributed by atoms with van der Waals surface area (Å²) in [6, 6.07) is 4.47. The van der Waals surface area contributed by atoms with Gasteiger partial charge in [0.25, 0.3) is 0 Å². The minimum absolute atomic E-state index is 0.574. The van der Waals surface area contributed by atoms with Crippen LogP contribution in [-0.4, -0.2) is 43.1 Å². The van der Waals surface area contributed by atoms with E-state index in [2.05, 4.69) is 34.4 Å². The van der Waals surface area contributed by atoms with Crippen molar-refractivity contribution in [3.05, 3.63) is 24.2 Å². The van der Waals surface area contributed by atoms with Crippen LogP contribution < -0.4 is 10.6 Å². The first-order chi connectivity index (χ1) is 9.83. The summed E-state index contributed by atoms with van der Waals surface area (Å²) < 4.78 is 5.30. The fourth-order valence-corrected chi connectivity index (χ4v) is 2.66. The van der Waals surface area contributed by atoms with E-state index in [1.54, 1.807) is 6.26 Å². The zero-order valence-corrected chi connectivity index (χ0v) is 12.6. The fraction of sp³-hybridized carbons (Fsp3) is 0.667. The highest BCUT2D eigenvalue weighted by Crippen LogP contribution is 2.15. The van der Waals surface area contributed by atoms with Gasteiger partial charge in [-0.2, -0.15) is 0 Å². The van der Waals surface area contributed by atoms with Crippen LogP contribution in [0.15, 0.2) is 27.8 Å². The van der Waals surface area contributed by atoms with Crippen LogP contribution in [0.1, 0.15) is 32.4 Å². The van der Waals surface area contributed by atoms with Crippen LogP contribution >= 0.6 is 0 Å². The number of nitrogens with zero attached hydrogens (tertiary/aromatic N) is 2. The van der Waals surface area contributed by atoms with Gasteiger partial charge in [-0.15, -0.1) is 0 Å². The third kappa shape index (κ3) is 4.27. The first kappa shape index (κ1) is 14.9. The van der Waals surface area contributed by atoms with Gasteiger partial charge in [0.15, 0.2) is 5.96 Å². The monoisotopic (exact) mass is 278 g/mol. The summed E-state index contributed by atoms with van der Waals surface area (Å²) in [5, 5.41) is 6.73. The minimum Gasteiger partial charge on any atom is -0.467 e. The van der Waals surface area contributed by atoms with Crippen molar-refractivity contribution in [1.29, 1.82) is 0 Å². The van der Waals surface area contributed by atoms with E-state index < -0.39 is 0 Å². The normalized spacial score (nSPS) is 20.3. The van der Waals surface area contributed by atoms with E-state index >= 15 is 0 Å². The van der Waals surface area contributed by atoms with Gasteiger partial charge in [-0.25, -0.2) is 4.99 Å². The molecular weight excluding hydrogens is 252 g/mol. The van der Waals surface area contributed by atoms with E-state index in [9.17, 15) is 0 Å². The second-order valence-electron chi connectivity index (χ2n) is 5.08. The number of hydrogen-bond acceptors (Lipinski definition) is 3. The van der Waals surface area contributed by atoms with E-state index in [0.717, 1.165) is 31.4 Å². The lowest BCUT2D eigenvalue weighted by Gasteiger charge is -2.23. The maximum atomic E-state index is 5.30. The van der Waals surface area contributed by atoms with Crippen LogP contribution in [0.5, 0.6) is 0 Å². The lowest BCUT2D eigenvalue weighted by Crippen LogP contribution is -2.44. The van der Waals surface area contributed by atoms with Crippen LogP contribution in [0.25, 0.3) is 0 Å². The standard InChI is InChI=1S/C15H26N4O/c1-3-16-15(18-12-14-8-6-10-20-14)17-11-13-7-5-9-19(13)4-2/h6,8,10,13H,3-5,7,9,11-12H2,1-2H3,(H2,16,17,18). The summed E-state index contributed by atoms with van der Waals surface area (Å²) in [5.74, 6) is 1.75. The fourth-order valence-electron chi connectivity index (χ4n) is 2.66. The smallest absolute Gasteiger partial charge is 0.191 e. The molecule has 20 heavy (non-hydrogen) atoms. The number of likely N-dealkylation sites (tertiary alicyclic amines) is 1. The molecule has 2 rings (SSSR count). The molecule has 1 saturated heterocycles. The van der Waals surface area contributed by atoms with E-state index in [4.69, 9.17) is 4.42 Å². The Hall–Kier alpha value is -1.49. The molecule has 5 nitrogen and oxygen atoms in total. The Morgan fingerprint density at radius 3 is 3.05 bits per heavy atom. The molecule has 0 bridgehead atoms. The molecule has 2 heterocycles. The van der Waals surface area contributed by atoms with E-state index in [-0.39, 0.29) is 0 Å². The number of furan rings is 1.